The molecule has 0 amide bonds. The molecule has 0 unspecified atom stereocenters. The van der Waals surface area contributed by atoms with Gasteiger partial charge in [-0.15, -0.1) is 0 Å². The number of halogens is 1. The van der Waals surface area contributed by atoms with Crippen LogP contribution in [0.25, 0.3) is 33.3 Å². The minimum atomic E-state index is -0.419. The quantitative estimate of drug-likeness (QED) is 0.497. The Balaban J connectivity index is 1.64. The molecule has 2 aromatic heterocycles. The fraction of sp³-hybridized carbons (Fsp3) is 0.200. The monoisotopic (exact) mass is 379 g/mol. The maximum atomic E-state index is 13.7. The van der Waals surface area contributed by atoms with E-state index in [4.69, 9.17) is 10.5 Å². The van der Waals surface area contributed by atoms with Crippen LogP contribution in [0.5, 0.6) is 0 Å². The smallest absolute Gasteiger partial charge is 0.261 e. The van der Waals surface area contributed by atoms with Crippen molar-refractivity contribution < 1.29 is 9.13 Å². The van der Waals surface area contributed by atoms with E-state index in [0.717, 1.165) is 29.8 Å². The Morgan fingerprint density at radius 3 is 2.68 bits per heavy atom. The standard InChI is InChI=1S/C20H18FN5O2/c21-11-1-3-14-13(9-11)18(22)17(20(27)25-14)19-23-15-4-2-12(10-16(15)24-19)26-5-7-28-8-6-26/h1-4,9-10H,5-8H2,(H,23,24)(H3,22,25,27). The van der Waals surface area contributed by atoms with Gasteiger partial charge in [-0.2, -0.15) is 0 Å². The third kappa shape index (κ3) is 2.69. The number of benzene rings is 2. The van der Waals surface area contributed by atoms with E-state index in [1.807, 2.05) is 18.2 Å². The summed E-state index contributed by atoms with van der Waals surface area (Å²) in [6.07, 6.45) is 0. The number of hydrogen-bond donors (Lipinski definition) is 3. The van der Waals surface area contributed by atoms with Crippen molar-refractivity contribution in [2.75, 3.05) is 36.9 Å². The molecule has 8 heteroatoms. The third-order valence-electron chi connectivity index (χ3n) is 5.10. The molecule has 1 aliphatic heterocycles. The molecular weight excluding hydrogens is 361 g/mol. The van der Waals surface area contributed by atoms with Gasteiger partial charge in [-0.1, -0.05) is 0 Å². The van der Waals surface area contributed by atoms with Gasteiger partial charge in [0.25, 0.3) is 5.56 Å². The molecule has 1 saturated heterocycles. The lowest BCUT2D eigenvalue weighted by Crippen LogP contribution is -2.36. The number of nitrogens with zero attached hydrogens (tertiary/aromatic N) is 2. The van der Waals surface area contributed by atoms with E-state index in [-0.39, 0.29) is 16.8 Å². The van der Waals surface area contributed by atoms with Crippen LogP contribution in [0.15, 0.2) is 41.2 Å². The van der Waals surface area contributed by atoms with Crippen molar-refractivity contribution in [3.05, 3.63) is 52.6 Å². The van der Waals surface area contributed by atoms with Gasteiger partial charge in [0.2, 0.25) is 0 Å². The number of anilines is 2. The molecule has 0 spiro atoms. The first-order valence-corrected chi connectivity index (χ1v) is 9.04. The maximum absolute atomic E-state index is 13.7. The van der Waals surface area contributed by atoms with Gasteiger partial charge in [0.1, 0.15) is 17.2 Å². The van der Waals surface area contributed by atoms with E-state index in [0.29, 0.717) is 29.9 Å². The number of pyridine rings is 1. The number of nitrogens with two attached hydrogens (primary N) is 1. The van der Waals surface area contributed by atoms with Crippen molar-refractivity contribution in [1.29, 1.82) is 0 Å². The average molecular weight is 379 g/mol. The molecule has 5 rings (SSSR count). The predicted octanol–water partition coefficient (Wildman–Crippen LogP) is 2.63. The molecular formula is C20H18FN5O2. The lowest BCUT2D eigenvalue weighted by molar-refractivity contribution is 0.122. The summed E-state index contributed by atoms with van der Waals surface area (Å²) in [5.41, 5.74) is 9.33. The van der Waals surface area contributed by atoms with Crippen molar-refractivity contribution in [3.63, 3.8) is 0 Å². The fourth-order valence-corrected chi connectivity index (χ4v) is 3.66. The summed E-state index contributed by atoms with van der Waals surface area (Å²) >= 11 is 0. The van der Waals surface area contributed by atoms with Crippen LogP contribution in [-0.4, -0.2) is 41.3 Å². The van der Waals surface area contributed by atoms with Gasteiger partial charge in [-0.05, 0) is 36.4 Å². The highest BCUT2D eigenvalue weighted by atomic mass is 19.1. The van der Waals surface area contributed by atoms with E-state index in [1.165, 1.54) is 18.2 Å². The van der Waals surface area contributed by atoms with Crippen LogP contribution in [0.2, 0.25) is 0 Å². The molecule has 28 heavy (non-hydrogen) atoms. The molecule has 4 aromatic rings. The van der Waals surface area contributed by atoms with E-state index in [2.05, 4.69) is 19.9 Å². The van der Waals surface area contributed by atoms with Crippen molar-refractivity contribution in [1.82, 2.24) is 15.0 Å². The number of nitrogens with one attached hydrogen (secondary N) is 2. The highest BCUT2D eigenvalue weighted by molar-refractivity contribution is 5.98. The summed E-state index contributed by atoms with van der Waals surface area (Å²) in [4.78, 5) is 25.3. The van der Waals surface area contributed by atoms with Crippen LogP contribution in [-0.2, 0) is 4.74 Å². The summed E-state index contributed by atoms with van der Waals surface area (Å²) in [5, 5.41) is 0.448. The summed E-state index contributed by atoms with van der Waals surface area (Å²) in [6, 6.07) is 10.0. The molecule has 3 heterocycles. The summed E-state index contributed by atoms with van der Waals surface area (Å²) < 4.78 is 19.1. The highest BCUT2D eigenvalue weighted by Crippen LogP contribution is 2.30. The van der Waals surface area contributed by atoms with Crippen LogP contribution >= 0.6 is 0 Å². The first kappa shape index (κ1) is 16.8. The second-order valence-electron chi connectivity index (χ2n) is 6.82. The molecule has 0 atom stereocenters. The topological polar surface area (TPSA) is 100 Å². The maximum Gasteiger partial charge on any atom is 0.261 e. The largest absolute Gasteiger partial charge is 0.397 e. The van der Waals surface area contributed by atoms with Gasteiger partial charge >= 0.3 is 0 Å². The summed E-state index contributed by atoms with van der Waals surface area (Å²) in [6.45, 7) is 3.05. The lowest BCUT2D eigenvalue weighted by atomic mass is 10.1. The number of hydrogen-bond acceptors (Lipinski definition) is 5. The molecule has 0 saturated carbocycles. The Morgan fingerprint density at radius 2 is 1.86 bits per heavy atom. The molecule has 0 bridgehead atoms. The van der Waals surface area contributed by atoms with Gasteiger partial charge in [0.05, 0.1) is 35.5 Å². The van der Waals surface area contributed by atoms with Crippen molar-refractivity contribution in [3.8, 4) is 11.4 Å². The zero-order valence-corrected chi connectivity index (χ0v) is 15.0. The first-order valence-electron chi connectivity index (χ1n) is 9.04. The van der Waals surface area contributed by atoms with Gasteiger partial charge in [-0.25, -0.2) is 9.37 Å². The number of ether oxygens (including phenoxy) is 1. The van der Waals surface area contributed by atoms with Crippen molar-refractivity contribution >= 4 is 33.3 Å². The number of imidazole rings is 1. The molecule has 0 radical (unpaired) electrons. The Hall–Kier alpha value is -3.39. The van der Waals surface area contributed by atoms with Gasteiger partial charge in [0.15, 0.2) is 0 Å². The predicted molar refractivity (Wildman–Crippen MR) is 107 cm³/mol. The number of morpholine rings is 1. The van der Waals surface area contributed by atoms with Gasteiger partial charge < -0.3 is 25.3 Å². The number of aromatic amines is 2. The van der Waals surface area contributed by atoms with Crippen molar-refractivity contribution in [2.24, 2.45) is 0 Å². The SMILES string of the molecule is Nc1c(-c2nc3cc(N4CCOCC4)ccc3[nH]2)c(=O)[nH]c2ccc(F)cc12. The second kappa shape index (κ2) is 6.35. The van der Waals surface area contributed by atoms with Crippen LogP contribution in [0.4, 0.5) is 15.8 Å². The molecule has 1 fully saturated rings. The first-order chi connectivity index (χ1) is 13.6. The second-order valence-corrected chi connectivity index (χ2v) is 6.82. The zero-order chi connectivity index (χ0) is 19.3. The molecule has 142 valence electrons. The van der Waals surface area contributed by atoms with Crippen LogP contribution in [0.3, 0.4) is 0 Å². The Labute approximate surface area is 158 Å². The van der Waals surface area contributed by atoms with Gasteiger partial charge in [0, 0.05) is 24.2 Å². The Morgan fingerprint density at radius 1 is 1.07 bits per heavy atom. The van der Waals surface area contributed by atoms with E-state index >= 15 is 0 Å². The number of aromatic nitrogens is 3. The van der Waals surface area contributed by atoms with E-state index < -0.39 is 5.82 Å². The van der Waals surface area contributed by atoms with Crippen LogP contribution in [0, 0.1) is 5.82 Å². The van der Waals surface area contributed by atoms with Crippen LogP contribution in [0.1, 0.15) is 0 Å². The summed E-state index contributed by atoms with van der Waals surface area (Å²) in [7, 11) is 0. The van der Waals surface area contributed by atoms with Crippen molar-refractivity contribution in [2.45, 2.75) is 0 Å². The molecule has 4 N–H and O–H groups in total. The Bertz CT molecular complexity index is 1260. The van der Waals surface area contributed by atoms with E-state index in [9.17, 15) is 9.18 Å². The molecule has 7 nitrogen and oxygen atoms in total. The number of H-pyrrole nitrogens is 2. The van der Waals surface area contributed by atoms with E-state index in [1.54, 1.807) is 0 Å². The average Bonchev–Trinajstić information content (AvgIpc) is 3.12. The Kier molecular flexibility index (Phi) is 3.80. The number of nitrogen functional groups attached to an aromatic ring is 1. The summed E-state index contributed by atoms with van der Waals surface area (Å²) in [5.74, 6) is -0.0593. The normalized spacial score (nSPS) is 14.8. The molecule has 0 aliphatic carbocycles. The fourth-order valence-electron chi connectivity index (χ4n) is 3.66. The molecule has 2 aromatic carbocycles. The lowest BCUT2D eigenvalue weighted by Gasteiger charge is -2.28. The number of rotatable bonds is 2. The number of fused-ring (bicyclic) bond motifs is 2. The van der Waals surface area contributed by atoms with Gasteiger partial charge in [-0.3, -0.25) is 4.79 Å². The minimum absolute atomic E-state index is 0.200. The molecule has 1 aliphatic rings. The zero-order valence-electron chi connectivity index (χ0n) is 15.0. The third-order valence-corrected chi connectivity index (χ3v) is 5.10. The highest BCUT2D eigenvalue weighted by Gasteiger charge is 2.17. The minimum Gasteiger partial charge on any atom is -0.397 e. The van der Waals surface area contributed by atoms with Crippen LogP contribution < -0.4 is 16.2 Å².